The average Bonchev–Trinajstić information content (AvgIpc) is 3.31. The number of benzene rings is 3. The Morgan fingerprint density at radius 2 is 1.81 bits per heavy atom. The van der Waals surface area contributed by atoms with Crippen LogP contribution >= 0.6 is 23.4 Å². The molecule has 1 N–H and O–H groups in total. The minimum Gasteiger partial charge on any atom is -0.490 e. The molecule has 36 heavy (non-hydrogen) atoms. The molecular formula is C28H22ClN3O3S. The second-order valence-electron chi connectivity index (χ2n) is 7.95. The highest BCUT2D eigenvalue weighted by Crippen LogP contribution is 2.38. The van der Waals surface area contributed by atoms with E-state index in [4.69, 9.17) is 26.5 Å². The Hall–Kier alpha value is -3.81. The molecule has 0 spiro atoms. The van der Waals surface area contributed by atoms with Crippen LogP contribution < -0.4 is 9.47 Å². The zero-order valence-electron chi connectivity index (χ0n) is 19.4. The minimum atomic E-state index is -0.446. The molecule has 0 saturated carbocycles. The number of nitrogens with one attached hydrogen (secondary N) is 1. The molecular weight excluding hydrogens is 494 g/mol. The van der Waals surface area contributed by atoms with E-state index in [1.165, 1.54) is 11.8 Å². The Morgan fingerprint density at radius 3 is 2.58 bits per heavy atom. The van der Waals surface area contributed by atoms with Crippen molar-refractivity contribution in [1.29, 1.82) is 5.41 Å². The van der Waals surface area contributed by atoms with Gasteiger partial charge in [-0.2, -0.15) is 4.99 Å². The fourth-order valence-corrected chi connectivity index (χ4v) is 4.93. The molecule has 6 nitrogen and oxygen atoms in total. The van der Waals surface area contributed by atoms with Gasteiger partial charge in [-0.15, -0.1) is 0 Å². The number of thioether (sulfide) groups is 1. The molecule has 180 valence electrons. The fourth-order valence-electron chi connectivity index (χ4n) is 3.85. The zero-order valence-corrected chi connectivity index (χ0v) is 21.0. The molecule has 8 heteroatoms. The van der Waals surface area contributed by atoms with Crippen molar-refractivity contribution >= 4 is 52.0 Å². The maximum absolute atomic E-state index is 12.8. The van der Waals surface area contributed by atoms with Gasteiger partial charge in [0.15, 0.2) is 16.7 Å². The normalized spacial score (nSPS) is 16.1. The van der Waals surface area contributed by atoms with Crippen molar-refractivity contribution < 1.29 is 14.3 Å². The van der Waals surface area contributed by atoms with Crippen molar-refractivity contribution in [3.8, 4) is 11.5 Å². The van der Waals surface area contributed by atoms with Crippen LogP contribution in [0.1, 0.15) is 23.6 Å². The van der Waals surface area contributed by atoms with E-state index in [1.807, 2.05) is 73.0 Å². The van der Waals surface area contributed by atoms with E-state index in [0.29, 0.717) is 40.5 Å². The molecule has 0 aliphatic carbocycles. The number of amides is 1. The molecule has 5 rings (SSSR count). The zero-order chi connectivity index (χ0) is 25.1. The topological polar surface area (TPSA) is 75.0 Å². The van der Waals surface area contributed by atoms with E-state index in [1.54, 1.807) is 23.1 Å². The summed E-state index contributed by atoms with van der Waals surface area (Å²) in [6.45, 7) is 2.63. The molecule has 2 heterocycles. The molecule has 0 fully saturated rings. The van der Waals surface area contributed by atoms with Crippen LogP contribution in [0.2, 0.25) is 5.02 Å². The van der Waals surface area contributed by atoms with Crippen molar-refractivity contribution in [3.05, 3.63) is 105 Å². The highest BCUT2D eigenvalue weighted by Gasteiger charge is 2.36. The molecule has 0 aromatic heterocycles. The van der Waals surface area contributed by atoms with E-state index in [2.05, 4.69) is 4.99 Å². The van der Waals surface area contributed by atoms with Crippen LogP contribution in [0, 0.1) is 5.41 Å². The molecule has 0 bridgehead atoms. The maximum atomic E-state index is 12.8. The van der Waals surface area contributed by atoms with Crippen LogP contribution in [0.4, 0.5) is 0 Å². The summed E-state index contributed by atoms with van der Waals surface area (Å²) in [5.74, 6) is 0.745. The number of halogens is 1. The summed E-state index contributed by atoms with van der Waals surface area (Å²) in [4.78, 5) is 18.8. The lowest BCUT2D eigenvalue weighted by Crippen LogP contribution is -2.38. The predicted octanol–water partition coefficient (Wildman–Crippen LogP) is 6.62. The molecule has 0 unspecified atom stereocenters. The number of rotatable bonds is 7. The van der Waals surface area contributed by atoms with Crippen LogP contribution in [0.25, 0.3) is 11.8 Å². The molecule has 2 aliphatic heterocycles. The van der Waals surface area contributed by atoms with Gasteiger partial charge in [-0.3, -0.25) is 15.1 Å². The number of nitrogens with zero attached hydrogens (tertiary/aromatic N) is 2. The highest BCUT2D eigenvalue weighted by molar-refractivity contribution is 8.17. The van der Waals surface area contributed by atoms with Gasteiger partial charge in [-0.25, -0.2) is 0 Å². The summed E-state index contributed by atoms with van der Waals surface area (Å²) in [6.07, 6.45) is 1.66. The van der Waals surface area contributed by atoms with Crippen molar-refractivity contribution in [3.63, 3.8) is 0 Å². The van der Waals surface area contributed by atoms with Crippen molar-refractivity contribution in [2.24, 2.45) is 4.99 Å². The Morgan fingerprint density at radius 1 is 1.03 bits per heavy atom. The third kappa shape index (κ3) is 4.80. The van der Waals surface area contributed by atoms with Crippen molar-refractivity contribution in [1.82, 2.24) is 4.90 Å². The summed E-state index contributed by atoms with van der Waals surface area (Å²) in [7, 11) is 0. The predicted molar refractivity (Wildman–Crippen MR) is 145 cm³/mol. The second kappa shape index (κ2) is 10.4. The minimum absolute atomic E-state index is 0.0853. The van der Waals surface area contributed by atoms with Gasteiger partial charge in [0.25, 0.3) is 5.91 Å². The quantitative estimate of drug-likeness (QED) is 0.358. The number of carbonyl (C=O) groups is 1. The van der Waals surface area contributed by atoms with Gasteiger partial charge in [0.2, 0.25) is 0 Å². The first-order valence-electron chi connectivity index (χ1n) is 11.3. The number of hydrogen-bond acceptors (Lipinski definition) is 5. The number of hydrogen-bond donors (Lipinski definition) is 1. The van der Waals surface area contributed by atoms with E-state index in [-0.39, 0.29) is 11.4 Å². The molecule has 0 radical (unpaired) electrons. The van der Waals surface area contributed by atoms with Gasteiger partial charge in [0.1, 0.15) is 12.4 Å². The molecule has 2 aliphatic rings. The second-order valence-corrected chi connectivity index (χ2v) is 9.19. The first kappa shape index (κ1) is 23.9. The average molecular weight is 516 g/mol. The third-order valence-corrected chi connectivity index (χ3v) is 6.80. The molecule has 3 aromatic carbocycles. The molecule has 3 aromatic rings. The van der Waals surface area contributed by atoms with Gasteiger partial charge in [-0.05, 0) is 42.3 Å². The summed E-state index contributed by atoms with van der Waals surface area (Å²) in [5, 5.41) is 11.9. The lowest BCUT2D eigenvalue weighted by Gasteiger charge is -2.27. The third-order valence-electron chi connectivity index (χ3n) is 5.60. The summed E-state index contributed by atoms with van der Waals surface area (Å²) in [6, 6.07) is 22.7. The monoisotopic (exact) mass is 515 g/mol. The van der Waals surface area contributed by atoms with Gasteiger partial charge in [0.05, 0.1) is 17.9 Å². The molecule has 0 atom stereocenters. The first-order chi connectivity index (χ1) is 17.5. The van der Waals surface area contributed by atoms with Crippen LogP contribution in [0.3, 0.4) is 0 Å². The number of carbonyl (C=O) groups excluding carboxylic acids is 1. The summed E-state index contributed by atoms with van der Waals surface area (Å²) in [5.41, 5.74) is 3.55. The van der Waals surface area contributed by atoms with Gasteiger partial charge < -0.3 is 9.47 Å². The highest BCUT2D eigenvalue weighted by atomic mass is 35.5. The first-order valence-corrected chi connectivity index (χ1v) is 12.6. The Labute approximate surface area is 218 Å². The molecule has 1 amide bonds. The van der Waals surface area contributed by atoms with Gasteiger partial charge in [0, 0.05) is 16.0 Å². The van der Waals surface area contributed by atoms with Gasteiger partial charge >= 0.3 is 0 Å². The summed E-state index contributed by atoms with van der Waals surface area (Å²) < 4.78 is 11.8. The summed E-state index contributed by atoms with van der Waals surface area (Å²) >= 11 is 7.59. The van der Waals surface area contributed by atoms with E-state index < -0.39 is 5.91 Å². The number of ether oxygens (including phenoxy) is 2. The van der Waals surface area contributed by atoms with E-state index >= 15 is 0 Å². The van der Waals surface area contributed by atoms with Gasteiger partial charge in [-0.1, -0.05) is 78.0 Å². The van der Waals surface area contributed by atoms with Crippen LogP contribution in [-0.4, -0.2) is 28.4 Å². The smallest absolute Gasteiger partial charge is 0.283 e. The number of fused-ring (bicyclic) bond motifs is 1. The largest absolute Gasteiger partial charge is 0.490 e. The van der Waals surface area contributed by atoms with Crippen molar-refractivity contribution in [2.45, 2.75) is 13.5 Å². The Kier molecular flexibility index (Phi) is 6.93. The molecule has 0 saturated heterocycles. The fraction of sp³-hybridized carbons (Fsp3) is 0.107. The van der Waals surface area contributed by atoms with E-state index in [9.17, 15) is 4.79 Å². The Bertz CT molecular complexity index is 1430. The lowest BCUT2D eigenvalue weighted by atomic mass is 10.1. The Balaban J connectivity index is 1.42. The van der Waals surface area contributed by atoms with Crippen LogP contribution in [-0.2, 0) is 11.4 Å². The van der Waals surface area contributed by atoms with Crippen molar-refractivity contribution in [2.75, 3.05) is 6.61 Å². The van der Waals surface area contributed by atoms with Crippen LogP contribution in [0.5, 0.6) is 11.5 Å². The number of amidine groups is 2. The maximum Gasteiger partial charge on any atom is 0.283 e. The number of aliphatic imine (C=N–C) groups is 1. The van der Waals surface area contributed by atoms with E-state index in [0.717, 1.165) is 16.8 Å². The standard InChI is InChI=1S/C28H22ClN3O3S/c1-2-34-25-15-18(12-13-24(25)35-16-20-10-6-7-11-22(20)29)14-21-26(30)32-23(19-8-4-3-5-9-19)17-36-28(32)31-27(21)33/h3-15,17,30H,2,16H2,1H3/b21-14-,30-26?. The SMILES string of the molecule is CCOc1cc(/C=C2/C(=N)N3C(c4ccccc4)=CSC3=NC2=O)ccc1OCc1ccccc1Cl. The van der Waals surface area contributed by atoms with Crippen LogP contribution in [0.15, 0.2) is 88.8 Å². The lowest BCUT2D eigenvalue weighted by molar-refractivity contribution is -0.114.